The van der Waals surface area contributed by atoms with Gasteiger partial charge < -0.3 is 10.2 Å². The number of nitrogens with zero attached hydrogens (tertiary/aromatic N) is 4. The summed E-state index contributed by atoms with van der Waals surface area (Å²) in [6, 6.07) is 9.55. The lowest BCUT2D eigenvalue weighted by Crippen LogP contribution is -2.43. The predicted octanol–water partition coefficient (Wildman–Crippen LogP) is 2.51. The summed E-state index contributed by atoms with van der Waals surface area (Å²) in [7, 11) is 0. The van der Waals surface area contributed by atoms with E-state index in [0.29, 0.717) is 26.8 Å². The fourth-order valence-corrected chi connectivity index (χ4v) is 4.47. The van der Waals surface area contributed by atoms with Gasteiger partial charge in [-0.3, -0.25) is 9.59 Å². The van der Waals surface area contributed by atoms with Gasteiger partial charge in [-0.1, -0.05) is 41.7 Å². The summed E-state index contributed by atoms with van der Waals surface area (Å²) in [4.78, 5) is 32.0. The Kier molecular flexibility index (Phi) is 4.96. The highest BCUT2D eigenvalue weighted by atomic mass is 79.9. The van der Waals surface area contributed by atoms with Gasteiger partial charge in [-0.2, -0.15) is 4.52 Å². The van der Waals surface area contributed by atoms with Crippen molar-refractivity contribution in [3.05, 3.63) is 56.4 Å². The number of fused-ring (bicyclic) bond motifs is 1. The van der Waals surface area contributed by atoms with Gasteiger partial charge in [0.2, 0.25) is 16.0 Å². The van der Waals surface area contributed by atoms with E-state index < -0.39 is 0 Å². The van der Waals surface area contributed by atoms with Gasteiger partial charge >= 0.3 is 0 Å². The number of amides is 1. The Labute approximate surface area is 168 Å². The molecule has 1 aromatic carbocycles. The first-order valence-corrected chi connectivity index (χ1v) is 10.3. The van der Waals surface area contributed by atoms with Crippen molar-refractivity contribution in [2.45, 2.75) is 32.4 Å². The quantitative estimate of drug-likeness (QED) is 0.664. The highest BCUT2D eigenvalue weighted by molar-refractivity contribution is 9.10. The van der Waals surface area contributed by atoms with Gasteiger partial charge in [0.25, 0.3) is 5.56 Å². The summed E-state index contributed by atoms with van der Waals surface area (Å²) in [6.45, 7) is 3.01. The molecule has 27 heavy (non-hydrogen) atoms. The van der Waals surface area contributed by atoms with Crippen molar-refractivity contribution in [2.75, 3.05) is 11.4 Å². The summed E-state index contributed by atoms with van der Waals surface area (Å²) in [5, 5.41) is 8.08. The number of rotatable bonds is 4. The fraction of sp³-hybridized carbons (Fsp3) is 0.333. The standard InChI is InChI=1S/C18H18BrN5O2S/c1-11-14(19)16(26)24-17(21-11)27-18(22-24)23-9-5-8-13(23)15(25)20-10-12-6-3-2-4-7-12/h2-4,6-7,13H,5,8-10H2,1H3,(H,20,25). The van der Waals surface area contributed by atoms with Crippen molar-refractivity contribution in [2.24, 2.45) is 0 Å². The third-order valence-electron chi connectivity index (χ3n) is 4.62. The van der Waals surface area contributed by atoms with E-state index in [-0.39, 0.29) is 17.5 Å². The fourth-order valence-electron chi connectivity index (χ4n) is 3.20. The normalized spacial score (nSPS) is 16.8. The van der Waals surface area contributed by atoms with Crippen LogP contribution in [0.15, 0.2) is 39.6 Å². The molecule has 3 aromatic rings. The van der Waals surface area contributed by atoms with Crippen molar-refractivity contribution in [1.82, 2.24) is 19.9 Å². The molecular formula is C18H18BrN5O2S. The molecule has 9 heteroatoms. The van der Waals surface area contributed by atoms with Gasteiger partial charge in [-0.15, -0.1) is 5.10 Å². The maximum atomic E-state index is 12.7. The summed E-state index contributed by atoms with van der Waals surface area (Å²) in [5.41, 5.74) is 1.46. The number of hydrogen-bond donors (Lipinski definition) is 1. The predicted molar refractivity (Wildman–Crippen MR) is 108 cm³/mol. The number of hydrogen-bond acceptors (Lipinski definition) is 6. The van der Waals surface area contributed by atoms with E-state index in [1.165, 1.54) is 15.9 Å². The highest BCUT2D eigenvalue weighted by Crippen LogP contribution is 2.29. The Morgan fingerprint density at radius 1 is 1.37 bits per heavy atom. The number of aryl methyl sites for hydroxylation is 1. The van der Waals surface area contributed by atoms with Crippen molar-refractivity contribution < 1.29 is 4.79 Å². The van der Waals surface area contributed by atoms with Crippen LogP contribution in [0.4, 0.5) is 5.13 Å². The number of aromatic nitrogens is 3. The third-order valence-corrected chi connectivity index (χ3v) is 6.48. The molecule has 7 nitrogen and oxygen atoms in total. The molecule has 0 bridgehead atoms. The summed E-state index contributed by atoms with van der Waals surface area (Å²) in [6.07, 6.45) is 1.67. The number of anilines is 1. The van der Waals surface area contributed by atoms with Gasteiger partial charge in [-0.05, 0) is 41.3 Å². The van der Waals surface area contributed by atoms with E-state index in [2.05, 4.69) is 31.3 Å². The first-order valence-electron chi connectivity index (χ1n) is 8.69. The van der Waals surface area contributed by atoms with Crippen LogP contribution in [-0.2, 0) is 11.3 Å². The zero-order valence-electron chi connectivity index (χ0n) is 14.7. The van der Waals surface area contributed by atoms with Gasteiger partial charge in [0.05, 0.1) is 5.69 Å². The first-order chi connectivity index (χ1) is 13.0. The van der Waals surface area contributed by atoms with Crippen LogP contribution in [0, 0.1) is 6.92 Å². The van der Waals surface area contributed by atoms with Crippen LogP contribution >= 0.6 is 27.3 Å². The lowest BCUT2D eigenvalue weighted by Gasteiger charge is -2.22. The molecule has 1 aliphatic rings. The monoisotopic (exact) mass is 447 g/mol. The second-order valence-electron chi connectivity index (χ2n) is 6.45. The average Bonchev–Trinajstić information content (AvgIpc) is 3.32. The van der Waals surface area contributed by atoms with Gasteiger partial charge in [0.15, 0.2) is 0 Å². The molecule has 1 aliphatic heterocycles. The minimum atomic E-state index is -0.283. The van der Waals surface area contributed by atoms with Crippen molar-refractivity contribution in [3.8, 4) is 0 Å². The Morgan fingerprint density at radius 2 is 2.15 bits per heavy atom. The topological polar surface area (TPSA) is 79.6 Å². The van der Waals surface area contributed by atoms with Crippen LogP contribution in [0.3, 0.4) is 0 Å². The van der Waals surface area contributed by atoms with E-state index in [1.807, 2.05) is 35.2 Å². The summed E-state index contributed by atoms with van der Waals surface area (Å²) in [5.74, 6) is -0.0201. The van der Waals surface area contributed by atoms with Crippen LogP contribution in [0.5, 0.6) is 0 Å². The smallest absolute Gasteiger partial charge is 0.289 e. The molecule has 0 saturated carbocycles. The molecule has 1 atom stereocenters. The van der Waals surface area contributed by atoms with Gasteiger partial charge in [-0.25, -0.2) is 4.98 Å². The van der Waals surface area contributed by atoms with Crippen LogP contribution in [0.25, 0.3) is 4.96 Å². The maximum absolute atomic E-state index is 12.7. The Balaban J connectivity index is 1.56. The van der Waals surface area contributed by atoms with Crippen LogP contribution < -0.4 is 15.8 Å². The molecule has 1 unspecified atom stereocenters. The Hall–Kier alpha value is -2.26. The zero-order valence-corrected chi connectivity index (χ0v) is 17.1. The number of carbonyl (C=O) groups excluding carboxylic acids is 1. The molecule has 1 saturated heterocycles. The molecule has 0 spiro atoms. The summed E-state index contributed by atoms with van der Waals surface area (Å²) < 4.78 is 1.71. The number of nitrogens with one attached hydrogen (secondary N) is 1. The first kappa shape index (κ1) is 18.1. The van der Waals surface area contributed by atoms with Crippen molar-refractivity contribution >= 4 is 43.3 Å². The molecule has 1 N–H and O–H groups in total. The minimum absolute atomic E-state index is 0.0201. The minimum Gasteiger partial charge on any atom is -0.350 e. The van der Waals surface area contributed by atoms with Crippen LogP contribution in [0.2, 0.25) is 0 Å². The van der Waals surface area contributed by atoms with E-state index in [4.69, 9.17) is 0 Å². The lowest BCUT2D eigenvalue weighted by atomic mass is 10.2. The molecule has 3 heterocycles. The third kappa shape index (κ3) is 3.49. The van der Waals surface area contributed by atoms with Crippen molar-refractivity contribution in [1.29, 1.82) is 0 Å². The highest BCUT2D eigenvalue weighted by Gasteiger charge is 2.33. The van der Waals surface area contributed by atoms with E-state index in [0.717, 1.165) is 24.9 Å². The molecule has 1 fully saturated rings. The Morgan fingerprint density at radius 3 is 2.93 bits per heavy atom. The lowest BCUT2D eigenvalue weighted by molar-refractivity contribution is -0.122. The SMILES string of the molecule is Cc1nc2sc(N3CCCC3C(=O)NCc3ccccc3)nn2c(=O)c1Br. The van der Waals surface area contributed by atoms with Crippen molar-refractivity contribution in [3.63, 3.8) is 0 Å². The van der Waals surface area contributed by atoms with E-state index >= 15 is 0 Å². The molecule has 4 rings (SSSR count). The average molecular weight is 448 g/mol. The zero-order chi connectivity index (χ0) is 19.0. The van der Waals surface area contributed by atoms with Crippen LogP contribution in [-0.4, -0.2) is 33.1 Å². The molecular weight excluding hydrogens is 430 g/mol. The van der Waals surface area contributed by atoms with E-state index in [9.17, 15) is 9.59 Å². The number of carbonyl (C=O) groups is 1. The molecule has 0 aliphatic carbocycles. The Bertz CT molecular complexity index is 1050. The maximum Gasteiger partial charge on any atom is 0.289 e. The second kappa shape index (κ2) is 7.40. The molecule has 0 radical (unpaired) electrons. The second-order valence-corrected chi connectivity index (χ2v) is 8.18. The van der Waals surface area contributed by atoms with Gasteiger partial charge in [0.1, 0.15) is 10.5 Å². The largest absolute Gasteiger partial charge is 0.350 e. The van der Waals surface area contributed by atoms with Crippen LogP contribution in [0.1, 0.15) is 24.1 Å². The molecule has 1 amide bonds. The van der Waals surface area contributed by atoms with Gasteiger partial charge in [0, 0.05) is 13.1 Å². The number of benzene rings is 1. The molecule has 140 valence electrons. The molecule has 2 aromatic heterocycles. The number of halogens is 1. The summed E-state index contributed by atoms with van der Waals surface area (Å²) >= 11 is 4.59. The van der Waals surface area contributed by atoms with E-state index in [1.54, 1.807) is 6.92 Å².